The molecule has 0 radical (unpaired) electrons. The summed E-state index contributed by atoms with van der Waals surface area (Å²) in [6.07, 6.45) is 0.191. The van der Waals surface area contributed by atoms with E-state index in [1.54, 1.807) is 0 Å². The molecule has 0 aliphatic heterocycles. The minimum atomic E-state index is -0.739. The summed E-state index contributed by atoms with van der Waals surface area (Å²) in [5.41, 5.74) is 2.39. The van der Waals surface area contributed by atoms with E-state index in [9.17, 15) is 4.79 Å². The summed E-state index contributed by atoms with van der Waals surface area (Å²) in [5, 5.41) is 8.90. The van der Waals surface area contributed by atoms with E-state index in [0.29, 0.717) is 0 Å². The van der Waals surface area contributed by atoms with Gasteiger partial charge in [-0.1, -0.05) is 36.8 Å². The predicted octanol–water partition coefficient (Wildman–Crippen LogP) is 2.71. The summed E-state index contributed by atoms with van der Waals surface area (Å²) in [7, 11) is 3.98. The van der Waals surface area contributed by atoms with Gasteiger partial charge in [0.1, 0.15) is 0 Å². The van der Waals surface area contributed by atoms with Crippen molar-refractivity contribution in [1.29, 1.82) is 0 Å². The molecule has 0 bridgehead atoms. The molecule has 0 aromatic heterocycles. The van der Waals surface area contributed by atoms with Crippen molar-refractivity contribution in [2.24, 2.45) is 5.92 Å². The molecule has 3 heteroatoms. The van der Waals surface area contributed by atoms with Gasteiger partial charge in [0.05, 0.1) is 0 Å². The number of nitrogens with zero attached hydrogens (tertiary/aromatic N) is 1. The highest BCUT2D eigenvalue weighted by atomic mass is 16.4. The average molecular weight is 235 g/mol. The fourth-order valence-corrected chi connectivity index (χ4v) is 2.38. The SMILES string of the molecule is Cc1cccc(C(C(C)CC(=O)O)N(C)C)c1. The summed E-state index contributed by atoms with van der Waals surface area (Å²) in [5.74, 6) is -0.652. The summed E-state index contributed by atoms with van der Waals surface area (Å²) < 4.78 is 0. The highest BCUT2D eigenvalue weighted by molar-refractivity contribution is 5.67. The lowest BCUT2D eigenvalue weighted by atomic mass is 9.90. The van der Waals surface area contributed by atoms with E-state index < -0.39 is 5.97 Å². The van der Waals surface area contributed by atoms with Gasteiger partial charge < -0.3 is 10.0 Å². The van der Waals surface area contributed by atoms with Gasteiger partial charge in [-0.2, -0.15) is 0 Å². The third kappa shape index (κ3) is 3.86. The van der Waals surface area contributed by atoms with Gasteiger partial charge in [0.2, 0.25) is 0 Å². The Morgan fingerprint density at radius 3 is 2.53 bits per heavy atom. The normalized spacial score (nSPS) is 14.6. The van der Waals surface area contributed by atoms with Gasteiger partial charge in [0.25, 0.3) is 0 Å². The highest BCUT2D eigenvalue weighted by Crippen LogP contribution is 2.29. The number of carboxylic acids is 1. The molecule has 3 nitrogen and oxygen atoms in total. The van der Waals surface area contributed by atoms with Crippen LogP contribution in [0, 0.1) is 12.8 Å². The Labute approximate surface area is 103 Å². The molecule has 0 aliphatic carbocycles. The number of benzene rings is 1. The van der Waals surface area contributed by atoms with E-state index in [0.717, 1.165) is 0 Å². The van der Waals surface area contributed by atoms with Crippen molar-refractivity contribution in [3.8, 4) is 0 Å². The van der Waals surface area contributed by atoms with Crippen molar-refractivity contribution in [1.82, 2.24) is 4.90 Å². The van der Waals surface area contributed by atoms with Gasteiger partial charge in [-0.3, -0.25) is 4.79 Å². The average Bonchev–Trinajstić information content (AvgIpc) is 2.15. The number of hydrogen-bond acceptors (Lipinski definition) is 2. The second-order valence-corrected chi connectivity index (χ2v) is 4.90. The Morgan fingerprint density at radius 2 is 2.06 bits per heavy atom. The van der Waals surface area contributed by atoms with Crippen molar-refractivity contribution >= 4 is 5.97 Å². The van der Waals surface area contributed by atoms with Gasteiger partial charge in [-0.05, 0) is 32.5 Å². The van der Waals surface area contributed by atoms with E-state index >= 15 is 0 Å². The molecule has 1 aromatic rings. The molecular weight excluding hydrogens is 214 g/mol. The molecule has 0 fully saturated rings. The maximum atomic E-state index is 10.8. The number of aliphatic carboxylic acids is 1. The Balaban J connectivity index is 2.96. The van der Waals surface area contributed by atoms with E-state index in [-0.39, 0.29) is 18.4 Å². The zero-order valence-electron chi connectivity index (χ0n) is 11.0. The van der Waals surface area contributed by atoms with E-state index in [1.165, 1.54) is 11.1 Å². The molecule has 1 aromatic carbocycles. The first-order chi connectivity index (χ1) is 7.91. The van der Waals surface area contributed by atoms with Gasteiger partial charge in [-0.15, -0.1) is 0 Å². The molecule has 94 valence electrons. The minimum absolute atomic E-state index is 0.0873. The third-order valence-corrected chi connectivity index (χ3v) is 2.98. The van der Waals surface area contributed by atoms with Crippen LogP contribution in [0.1, 0.15) is 30.5 Å². The molecule has 2 atom stereocenters. The maximum absolute atomic E-state index is 10.8. The largest absolute Gasteiger partial charge is 0.481 e. The van der Waals surface area contributed by atoms with E-state index in [2.05, 4.69) is 30.0 Å². The summed E-state index contributed by atoms with van der Waals surface area (Å²) in [6, 6.07) is 8.41. The van der Waals surface area contributed by atoms with Crippen molar-refractivity contribution in [2.75, 3.05) is 14.1 Å². The number of hydrogen-bond donors (Lipinski definition) is 1. The van der Waals surface area contributed by atoms with Crippen LogP contribution in [0.15, 0.2) is 24.3 Å². The van der Waals surface area contributed by atoms with Crippen LogP contribution < -0.4 is 0 Å². The molecule has 17 heavy (non-hydrogen) atoms. The maximum Gasteiger partial charge on any atom is 0.303 e. The Bertz CT molecular complexity index is 388. The minimum Gasteiger partial charge on any atom is -0.481 e. The molecule has 0 aliphatic rings. The number of aryl methyl sites for hydroxylation is 1. The Kier molecular flexibility index (Phi) is 4.70. The lowest BCUT2D eigenvalue weighted by Gasteiger charge is -2.30. The molecule has 0 saturated heterocycles. The second kappa shape index (κ2) is 5.82. The fourth-order valence-electron chi connectivity index (χ4n) is 2.38. The van der Waals surface area contributed by atoms with Crippen LogP contribution in [-0.4, -0.2) is 30.1 Å². The highest BCUT2D eigenvalue weighted by Gasteiger charge is 2.23. The van der Waals surface area contributed by atoms with Crippen molar-refractivity contribution < 1.29 is 9.90 Å². The Morgan fingerprint density at radius 1 is 1.41 bits per heavy atom. The van der Waals surface area contributed by atoms with E-state index in [4.69, 9.17) is 5.11 Å². The first kappa shape index (κ1) is 13.7. The van der Waals surface area contributed by atoms with Crippen LogP contribution >= 0.6 is 0 Å². The number of carboxylic acid groups (broad SMARTS) is 1. The van der Waals surface area contributed by atoms with Crippen LogP contribution in [0.3, 0.4) is 0 Å². The summed E-state index contributed by atoms with van der Waals surface area (Å²) in [4.78, 5) is 12.9. The van der Waals surface area contributed by atoms with Crippen molar-refractivity contribution in [2.45, 2.75) is 26.3 Å². The van der Waals surface area contributed by atoms with E-state index in [1.807, 2.05) is 27.1 Å². The standard InChI is InChI=1S/C14H21NO2/c1-10-6-5-7-12(8-10)14(15(3)4)11(2)9-13(16)17/h5-8,11,14H,9H2,1-4H3,(H,16,17). The number of carbonyl (C=O) groups is 1. The number of rotatable bonds is 5. The van der Waals surface area contributed by atoms with Gasteiger partial charge in [0.15, 0.2) is 0 Å². The molecule has 0 heterocycles. The third-order valence-electron chi connectivity index (χ3n) is 2.98. The smallest absolute Gasteiger partial charge is 0.303 e. The van der Waals surface area contributed by atoms with Gasteiger partial charge >= 0.3 is 5.97 Å². The molecule has 2 unspecified atom stereocenters. The fraction of sp³-hybridized carbons (Fsp3) is 0.500. The monoisotopic (exact) mass is 235 g/mol. The second-order valence-electron chi connectivity index (χ2n) is 4.90. The molecule has 1 N–H and O–H groups in total. The van der Waals surface area contributed by atoms with Crippen LogP contribution in [0.25, 0.3) is 0 Å². The predicted molar refractivity (Wildman–Crippen MR) is 69.0 cm³/mol. The quantitative estimate of drug-likeness (QED) is 0.853. The van der Waals surface area contributed by atoms with Crippen LogP contribution in [-0.2, 0) is 4.79 Å². The lowest BCUT2D eigenvalue weighted by Crippen LogP contribution is -2.27. The molecule has 0 spiro atoms. The molecule has 0 amide bonds. The van der Waals surface area contributed by atoms with Gasteiger partial charge in [-0.25, -0.2) is 0 Å². The molecule has 0 saturated carbocycles. The van der Waals surface area contributed by atoms with Crippen molar-refractivity contribution in [3.05, 3.63) is 35.4 Å². The zero-order chi connectivity index (χ0) is 13.0. The van der Waals surface area contributed by atoms with Crippen LogP contribution in [0.5, 0.6) is 0 Å². The Hall–Kier alpha value is -1.35. The summed E-state index contributed by atoms with van der Waals surface area (Å²) >= 11 is 0. The van der Waals surface area contributed by atoms with Crippen LogP contribution in [0.2, 0.25) is 0 Å². The topological polar surface area (TPSA) is 40.5 Å². The first-order valence-corrected chi connectivity index (χ1v) is 5.86. The first-order valence-electron chi connectivity index (χ1n) is 5.86. The van der Waals surface area contributed by atoms with Gasteiger partial charge in [0, 0.05) is 12.5 Å². The van der Waals surface area contributed by atoms with Crippen molar-refractivity contribution in [3.63, 3.8) is 0 Å². The lowest BCUT2D eigenvalue weighted by molar-refractivity contribution is -0.138. The zero-order valence-corrected chi connectivity index (χ0v) is 11.0. The molecular formula is C14H21NO2. The molecule has 1 rings (SSSR count). The van der Waals surface area contributed by atoms with Crippen LogP contribution in [0.4, 0.5) is 0 Å². The summed E-state index contributed by atoms with van der Waals surface area (Å²) in [6.45, 7) is 4.04.